The maximum atomic E-state index is 12.6. The highest BCUT2D eigenvalue weighted by Crippen LogP contribution is 2.18. The zero-order valence-corrected chi connectivity index (χ0v) is 13.7. The van der Waals surface area contributed by atoms with Gasteiger partial charge in [-0.15, -0.1) is 0 Å². The molecular weight excluding hydrogens is 286 g/mol. The summed E-state index contributed by atoms with van der Waals surface area (Å²) < 4.78 is 26.7. The number of hydrogen-bond acceptors (Lipinski definition) is 4. The second-order valence-corrected chi connectivity index (χ2v) is 7.68. The molecule has 0 amide bonds. The number of rotatable bonds is 6. The molecule has 0 radical (unpaired) electrons. The molecule has 1 aliphatic rings. The van der Waals surface area contributed by atoms with E-state index in [2.05, 4.69) is 10.3 Å². The summed E-state index contributed by atoms with van der Waals surface area (Å²) in [4.78, 5) is 4.41. The normalized spacial score (nSPS) is 17.3. The largest absolute Gasteiger partial charge is 0.317 e. The van der Waals surface area contributed by atoms with E-state index in [9.17, 15) is 8.42 Å². The third-order valence-corrected chi connectivity index (χ3v) is 6.00. The van der Waals surface area contributed by atoms with Crippen LogP contribution < -0.4 is 5.32 Å². The summed E-state index contributed by atoms with van der Waals surface area (Å²) >= 11 is 0. The lowest BCUT2D eigenvalue weighted by Gasteiger charge is -2.26. The van der Waals surface area contributed by atoms with Gasteiger partial charge in [0.05, 0.1) is 18.0 Å². The lowest BCUT2D eigenvalue weighted by Crippen LogP contribution is -2.38. The van der Waals surface area contributed by atoms with Crippen LogP contribution in [-0.4, -0.2) is 43.1 Å². The Kier molecular flexibility index (Phi) is 5.72. The third-order valence-electron chi connectivity index (χ3n) is 3.94. The summed E-state index contributed by atoms with van der Waals surface area (Å²) in [5.41, 5.74) is 1.73. The fourth-order valence-corrected chi connectivity index (χ4v) is 4.59. The van der Waals surface area contributed by atoms with Gasteiger partial charge in [0.1, 0.15) is 0 Å². The van der Waals surface area contributed by atoms with Crippen LogP contribution in [0.3, 0.4) is 0 Å². The molecular formula is C15H25N3O2S. The maximum Gasteiger partial charge on any atom is 0.214 e. The van der Waals surface area contributed by atoms with Gasteiger partial charge in [-0.3, -0.25) is 4.98 Å². The first-order valence-corrected chi connectivity index (χ1v) is 9.23. The van der Waals surface area contributed by atoms with Gasteiger partial charge in [0.15, 0.2) is 0 Å². The van der Waals surface area contributed by atoms with Crippen molar-refractivity contribution in [2.24, 2.45) is 5.92 Å². The van der Waals surface area contributed by atoms with Gasteiger partial charge in [0, 0.05) is 12.2 Å². The number of nitrogens with one attached hydrogen (secondary N) is 1. The molecule has 2 heterocycles. The molecule has 1 N–H and O–H groups in total. The average molecular weight is 311 g/mol. The number of hydrogen-bond donors (Lipinski definition) is 1. The number of pyridine rings is 1. The monoisotopic (exact) mass is 311 g/mol. The summed E-state index contributed by atoms with van der Waals surface area (Å²) in [6.07, 6.45) is 1.89. The van der Waals surface area contributed by atoms with Gasteiger partial charge in [-0.05, 0) is 50.9 Å². The van der Waals surface area contributed by atoms with Gasteiger partial charge in [-0.2, -0.15) is 4.31 Å². The first-order chi connectivity index (χ1) is 10.0. The quantitative estimate of drug-likeness (QED) is 0.866. The molecule has 2 rings (SSSR count). The highest BCUT2D eigenvalue weighted by molar-refractivity contribution is 7.89. The lowest BCUT2D eigenvalue weighted by atomic mass is 10.0. The summed E-state index contributed by atoms with van der Waals surface area (Å²) in [5.74, 6) is 0.532. The lowest BCUT2D eigenvalue weighted by molar-refractivity contribution is 0.377. The smallest absolute Gasteiger partial charge is 0.214 e. The molecule has 0 spiro atoms. The van der Waals surface area contributed by atoms with E-state index in [4.69, 9.17) is 0 Å². The molecule has 0 atom stereocenters. The van der Waals surface area contributed by atoms with Crippen LogP contribution in [0.1, 0.15) is 31.2 Å². The highest BCUT2D eigenvalue weighted by atomic mass is 32.2. The van der Waals surface area contributed by atoms with Crippen LogP contribution in [0.5, 0.6) is 0 Å². The molecule has 6 heteroatoms. The molecule has 5 nitrogen and oxygen atoms in total. The minimum atomic E-state index is -3.22. The van der Waals surface area contributed by atoms with Crippen LogP contribution in [0.4, 0.5) is 0 Å². The van der Waals surface area contributed by atoms with Gasteiger partial charge in [-0.1, -0.05) is 13.0 Å². The number of aryl methyl sites for hydroxylation is 1. The van der Waals surface area contributed by atoms with E-state index in [0.717, 1.165) is 37.3 Å². The van der Waals surface area contributed by atoms with E-state index in [1.807, 2.05) is 32.0 Å². The summed E-state index contributed by atoms with van der Waals surface area (Å²) in [7, 11) is -3.22. The van der Waals surface area contributed by atoms with E-state index in [0.29, 0.717) is 13.1 Å². The minimum absolute atomic E-state index is 0.258. The van der Waals surface area contributed by atoms with Gasteiger partial charge in [0.25, 0.3) is 0 Å². The zero-order valence-electron chi connectivity index (χ0n) is 12.9. The molecule has 1 aromatic rings. The van der Waals surface area contributed by atoms with Crippen molar-refractivity contribution < 1.29 is 8.42 Å². The predicted molar refractivity (Wildman–Crippen MR) is 84.4 cm³/mol. The van der Waals surface area contributed by atoms with E-state index in [1.54, 1.807) is 4.31 Å². The van der Waals surface area contributed by atoms with Crippen LogP contribution >= 0.6 is 0 Å². The highest BCUT2D eigenvalue weighted by Gasteiger charge is 2.26. The molecule has 118 valence electrons. The Hall–Kier alpha value is -0.980. The Morgan fingerprint density at radius 3 is 2.67 bits per heavy atom. The molecule has 0 aliphatic carbocycles. The van der Waals surface area contributed by atoms with Crippen molar-refractivity contribution in [3.8, 4) is 0 Å². The number of piperidine rings is 1. The number of sulfonamides is 1. The predicted octanol–water partition coefficient (Wildman–Crippen LogP) is 1.54. The second kappa shape index (κ2) is 7.33. The maximum absolute atomic E-state index is 12.6. The Balaban J connectivity index is 2.04. The van der Waals surface area contributed by atoms with Crippen molar-refractivity contribution in [2.45, 2.75) is 33.2 Å². The SMILES string of the molecule is CCN(Cc1cccc(C)n1)S(=O)(=O)CC1CCNCC1. The molecule has 0 unspecified atom stereocenters. The Labute approximate surface area is 127 Å². The molecule has 0 aromatic carbocycles. The fourth-order valence-electron chi connectivity index (χ4n) is 2.73. The molecule has 1 aliphatic heterocycles. The van der Waals surface area contributed by atoms with E-state index < -0.39 is 10.0 Å². The van der Waals surface area contributed by atoms with Crippen LogP contribution in [-0.2, 0) is 16.6 Å². The molecule has 21 heavy (non-hydrogen) atoms. The van der Waals surface area contributed by atoms with Crippen molar-refractivity contribution >= 4 is 10.0 Å². The topological polar surface area (TPSA) is 62.3 Å². The number of aromatic nitrogens is 1. The first kappa shape index (κ1) is 16.4. The molecule has 1 aromatic heterocycles. The number of nitrogens with zero attached hydrogens (tertiary/aromatic N) is 2. The van der Waals surface area contributed by atoms with Crippen molar-refractivity contribution in [1.82, 2.24) is 14.6 Å². The van der Waals surface area contributed by atoms with Crippen molar-refractivity contribution in [3.63, 3.8) is 0 Å². The van der Waals surface area contributed by atoms with E-state index >= 15 is 0 Å². The second-order valence-electron chi connectivity index (χ2n) is 5.67. The minimum Gasteiger partial charge on any atom is -0.317 e. The van der Waals surface area contributed by atoms with Crippen LogP contribution in [0.15, 0.2) is 18.2 Å². The molecule has 1 fully saturated rings. The molecule has 0 bridgehead atoms. The Morgan fingerprint density at radius 2 is 2.05 bits per heavy atom. The van der Waals surface area contributed by atoms with Gasteiger partial charge in [0.2, 0.25) is 10.0 Å². The van der Waals surface area contributed by atoms with Crippen LogP contribution in [0.25, 0.3) is 0 Å². The van der Waals surface area contributed by atoms with Crippen LogP contribution in [0.2, 0.25) is 0 Å². The Morgan fingerprint density at radius 1 is 1.33 bits per heavy atom. The zero-order chi connectivity index (χ0) is 15.3. The molecule has 0 saturated carbocycles. The standard InChI is InChI=1S/C15H25N3O2S/c1-3-18(11-15-6-4-5-13(2)17-15)21(19,20)12-14-7-9-16-10-8-14/h4-6,14,16H,3,7-12H2,1-2H3. The summed E-state index contributed by atoms with van der Waals surface area (Å²) in [6, 6.07) is 5.73. The van der Waals surface area contributed by atoms with Crippen molar-refractivity contribution in [2.75, 3.05) is 25.4 Å². The van der Waals surface area contributed by atoms with Gasteiger partial charge < -0.3 is 5.32 Å². The molecule has 1 saturated heterocycles. The Bertz CT molecular complexity index is 554. The van der Waals surface area contributed by atoms with Crippen molar-refractivity contribution in [3.05, 3.63) is 29.6 Å². The fraction of sp³-hybridized carbons (Fsp3) is 0.667. The van der Waals surface area contributed by atoms with Gasteiger partial charge in [-0.25, -0.2) is 8.42 Å². The summed E-state index contributed by atoms with van der Waals surface area (Å²) in [5, 5.41) is 3.27. The van der Waals surface area contributed by atoms with Crippen LogP contribution in [0, 0.1) is 12.8 Å². The van der Waals surface area contributed by atoms with E-state index in [1.165, 1.54) is 0 Å². The third kappa shape index (κ3) is 4.76. The van der Waals surface area contributed by atoms with Gasteiger partial charge >= 0.3 is 0 Å². The van der Waals surface area contributed by atoms with E-state index in [-0.39, 0.29) is 11.7 Å². The first-order valence-electron chi connectivity index (χ1n) is 7.62. The van der Waals surface area contributed by atoms with Crippen molar-refractivity contribution in [1.29, 1.82) is 0 Å². The summed E-state index contributed by atoms with van der Waals surface area (Å²) in [6.45, 7) is 6.50. The average Bonchev–Trinajstić information content (AvgIpc) is 2.45.